The summed E-state index contributed by atoms with van der Waals surface area (Å²) in [5.41, 5.74) is 1.91. The van der Waals surface area contributed by atoms with E-state index in [0.29, 0.717) is 11.3 Å². The quantitative estimate of drug-likeness (QED) is 0.853. The number of nitrogens with one attached hydrogen (secondary N) is 2. The van der Waals surface area contributed by atoms with Crippen LogP contribution in [0.2, 0.25) is 5.02 Å². The van der Waals surface area contributed by atoms with Crippen molar-refractivity contribution < 1.29 is 18.0 Å². The van der Waals surface area contributed by atoms with Gasteiger partial charge in [-0.05, 0) is 31.0 Å². The number of carbonyl (C=O) groups is 1. The Morgan fingerprint density at radius 1 is 1.33 bits per heavy atom. The molecule has 0 fully saturated rings. The molecule has 0 unspecified atom stereocenters. The topological polar surface area (TPSA) is 41.1 Å². The minimum absolute atomic E-state index is 0.278. The van der Waals surface area contributed by atoms with E-state index in [2.05, 4.69) is 5.32 Å². The van der Waals surface area contributed by atoms with E-state index < -0.39 is 18.8 Å². The number of alkyl halides is 3. The van der Waals surface area contributed by atoms with Gasteiger partial charge in [0.15, 0.2) is 0 Å². The molecule has 2 N–H and O–H groups in total. The Kier molecular flexibility index (Phi) is 4.45. The summed E-state index contributed by atoms with van der Waals surface area (Å²) in [5.74, 6) is 0. The average molecular weight is 281 g/mol. The zero-order chi connectivity index (χ0) is 13.9. The third kappa shape index (κ3) is 4.10. The first-order valence-corrected chi connectivity index (χ1v) is 5.46. The maximum Gasteiger partial charge on any atom is 0.405 e. The Balaban J connectivity index is 2.74. The lowest BCUT2D eigenvalue weighted by Gasteiger charge is -2.14. The molecule has 0 aliphatic heterocycles. The maximum atomic E-state index is 11.9. The smallest absolute Gasteiger partial charge is 0.329 e. The fourth-order valence-corrected chi connectivity index (χ4v) is 1.53. The van der Waals surface area contributed by atoms with Gasteiger partial charge in [-0.25, -0.2) is 4.79 Å². The SMILES string of the molecule is Cc1ccc(Cl)c(NC(=O)NCC(F)(F)F)c1C. The zero-order valence-corrected chi connectivity index (χ0v) is 10.5. The molecule has 1 aromatic rings. The minimum Gasteiger partial charge on any atom is -0.329 e. The van der Waals surface area contributed by atoms with E-state index in [1.807, 2.05) is 6.92 Å². The van der Waals surface area contributed by atoms with E-state index in [1.165, 1.54) is 0 Å². The van der Waals surface area contributed by atoms with E-state index in [4.69, 9.17) is 11.6 Å². The maximum absolute atomic E-state index is 11.9. The van der Waals surface area contributed by atoms with Crippen molar-refractivity contribution in [3.05, 3.63) is 28.3 Å². The molecule has 0 radical (unpaired) electrons. The third-order valence-corrected chi connectivity index (χ3v) is 2.69. The van der Waals surface area contributed by atoms with Crippen LogP contribution in [0.3, 0.4) is 0 Å². The molecular weight excluding hydrogens is 269 g/mol. The van der Waals surface area contributed by atoms with Gasteiger partial charge in [-0.15, -0.1) is 0 Å². The summed E-state index contributed by atoms with van der Waals surface area (Å²) >= 11 is 5.87. The van der Waals surface area contributed by atoms with Gasteiger partial charge in [0.2, 0.25) is 0 Å². The van der Waals surface area contributed by atoms with Gasteiger partial charge < -0.3 is 10.6 Å². The van der Waals surface area contributed by atoms with Crippen molar-refractivity contribution in [3.63, 3.8) is 0 Å². The summed E-state index contributed by atoms with van der Waals surface area (Å²) in [7, 11) is 0. The highest BCUT2D eigenvalue weighted by Gasteiger charge is 2.27. The molecule has 0 aromatic heterocycles. The van der Waals surface area contributed by atoms with E-state index in [1.54, 1.807) is 24.4 Å². The monoisotopic (exact) mass is 280 g/mol. The van der Waals surface area contributed by atoms with Crippen molar-refractivity contribution in [2.24, 2.45) is 0 Å². The molecular formula is C11H12ClF3N2O. The van der Waals surface area contributed by atoms with Crippen LogP contribution in [0, 0.1) is 13.8 Å². The summed E-state index contributed by atoms with van der Waals surface area (Å²) < 4.78 is 35.7. The second-order valence-electron chi connectivity index (χ2n) is 3.79. The first-order valence-electron chi connectivity index (χ1n) is 5.08. The van der Waals surface area contributed by atoms with Crippen LogP contribution in [-0.4, -0.2) is 18.8 Å². The summed E-state index contributed by atoms with van der Waals surface area (Å²) in [6.45, 7) is 2.15. The predicted molar refractivity (Wildman–Crippen MR) is 64.0 cm³/mol. The minimum atomic E-state index is -4.44. The van der Waals surface area contributed by atoms with Crippen molar-refractivity contribution in [2.45, 2.75) is 20.0 Å². The number of aryl methyl sites for hydroxylation is 1. The van der Waals surface area contributed by atoms with Crippen LogP contribution < -0.4 is 10.6 Å². The van der Waals surface area contributed by atoms with Gasteiger partial charge in [-0.3, -0.25) is 0 Å². The van der Waals surface area contributed by atoms with Crippen LogP contribution >= 0.6 is 11.6 Å². The fraction of sp³-hybridized carbons (Fsp3) is 0.364. The van der Waals surface area contributed by atoms with Crippen molar-refractivity contribution >= 4 is 23.3 Å². The van der Waals surface area contributed by atoms with Gasteiger partial charge in [0, 0.05) is 0 Å². The van der Waals surface area contributed by atoms with E-state index in [-0.39, 0.29) is 5.02 Å². The Hall–Kier alpha value is -1.43. The number of hydrogen-bond donors (Lipinski definition) is 2. The van der Waals surface area contributed by atoms with Crippen molar-refractivity contribution in [3.8, 4) is 0 Å². The highest BCUT2D eigenvalue weighted by atomic mass is 35.5. The van der Waals surface area contributed by atoms with E-state index in [9.17, 15) is 18.0 Å². The molecule has 0 spiro atoms. The molecule has 0 atom stereocenters. The summed E-state index contributed by atoms with van der Waals surface area (Å²) in [4.78, 5) is 11.3. The number of benzene rings is 1. The Morgan fingerprint density at radius 3 is 2.50 bits per heavy atom. The molecule has 0 saturated heterocycles. The molecule has 3 nitrogen and oxygen atoms in total. The first-order chi connectivity index (χ1) is 8.20. The lowest BCUT2D eigenvalue weighted by molar-refractivity contribution is -0.122. The zero-order valence-electron chi connectivity index (χ0n) is 9.78. The third-order valence-electron chi connectivity index (χ3n) is 2.37. The van der Waals surface area contributed by atoms with Gasteiger partial charge >= 0.3 is 12.2 Å². The van der Waals surface area contributed by atoms with Crippen LogP contribution in [0.25, 0.3) is 0 Å². The van der Waals surface area contributed by atoms with Crippen molar-refractivity contribution in [1.82, 2.24) is 5.32 Å². The van der Waals surface area contributed by atoms with Gasteiger partial charge in [0.05, 0.1) is 10.7 Å². The molecule has 0 bridgehead atoms. The number of rotatable bonds is 2. The number of hydrogen-bond acceptors (Lipinski definition) is 1. The summed E-state index contributed by atoms with van der Waals surface area (Å²) in [5, 5.41) is 4.30. The van der Waals surface area contributed by atoms with Crippen molar-refractivity contribution in [1.29, 1.82) is 0 Å². The fourth-order valence-electron chi connectivity index (χ4n) is 1.27. The second kappa shape index (κ2) is 5.48. The number of halogens is 4. The highest BCUT2D eigenvalue weighted by molar-refractivity contribution is 6.34. The van der Waals surface area contributed by atoms with Gasteiger partial charge in [0.1, 0.15) is 6.54 Å². The Bertz CT molecular complexity index is 460. The van der Waals surface area contributed by atoms with Crippen LogP contribution in [0.15, 0.2) is 12.1 Å². The number of anilines is 1. The van der Waals surface area contributed by atoms with Crippen molar-refractivity contribution in [2.75, 3.05) is 11.9 Å². The lowest BCUT2D eigenvalue weighted by atomic mass is 10.1. The Morgan fingerprint density at radius 2 is 1.94 bits per heavy atom. The van der Waals surface area contributed by atoms with Crippen LogP contribution in [0.5, 0.6) is 0 Å². The average Bonchev–Trinajstić information content (AvgIpc) is 2.26. The van der Waals surface area contributed by atoms with E-state index >= 15 is 0 Å². The molecule has 100 valence electrons. The molecule has 0 heterocycles. The second-order valence-corrected chi connectivity index (χ2v) is 4.19. The first kappa shape index (κ1) is 14.6. The van der Waals surface area contributed by atoms with E-state index in [0.717, 1.165) is 5.56 Å². The van der Waals surface area contributed by atoms with Gasteiger partial charge in [0.25, 0.3) is 0 Å². The summed E-state index contributed by atoms with van der Waals surface area (Å²) in [6.07, 6.45) is -4.44. The van der Waals surface area contributed by atoms with Crippen LogP contribution in [-0.2, 0) is 0 Å². The normalized spacial score (nSPS) is 11.2. The largest absolute Gasteiger partial charge is 0.405 e. The van der Waals surface area contributed by atoms with Crippen LogP contribution in [0.4, 0.5) is 23.7 Å². The molecule has 0 aliphatic carbocycles. The standard InChI is InChI=1S/C11H12ClF3N2O/c1-6-3-4-8(12)9(7(6)2)17-10(18)16-5-11(13,14)15/h3-4H,5H2,1-2H3,(H2,16,17,18). The van der Waals surface area contributed by atoms with Gasteiger partial charge in [-0.2, -0.15) is 13.2 Å². The predicted octanol–water partition coefficient (Wildman–Crippen LogP) is 3.64. The molecule has 18 heavy (non-hydrogen) atoms. The van der Waals surface area contributed by atoms with Gasteiger partial charge in [-0.1, -0.05) is 17.7 Å². The molecule has 1 aromatic carbocycles. The number of carbonyl (C=O) groups excluding carboxylic acids is 1. The molecule has 0 aliphatic rings. The lowest BCUT2D eigenvalue weighted by Crippen LogP contribution is -2.36. The number of amides is 2. The molecule has 7 heteroatoms. The molecule has 1 rings (SSSR count). The Labute approximate surface area is 107 Å². The summed E-state index contributed by atoms with van der Waals surface area (Å²) in [6, 6.07) is 2.39. The molecule has 2 amide bonds. The molecule has 0 saturated carbocycles. The van der Waals surface area contributed by atoms with Crippen LogP contribution in [0.1, 0.15) is 11.1 Å². The highest BCUT2D eigenvalue weighted by Crippen LogP contribution is 2.27. The number of urea groups is 1.